The Morgan fingerprint density at radius 1 is 1.53 bits per heavy atom. The summed E-state index contributed by atoms with van der Waals surface area (Å²) in [4.78, 5) is 0. The number of thioether (sulfide) groups is 1. The van der Waals surface area contributed by atoms with Gasteiger partial charge in [0.05, 0.1) is 18.2 Å². The van der Waals surface area contributed by atoms with Crippen LogP contribution in [0.2, 0.25) is 0 Å². The third-order valence-electron chi connectivity index (χ3n) is 3.41. The van der Waals surface area contributed by atoms with Crippen LogP contribution in [0.5, 0.6) is 0 Å². The standard InChI is InChI=1S/C11H17N3OS2/c1-2-8-13-14-10(17-8)9-11(3-6-16-7-11)15-5-4-12-9/h9,12H,2-7H2,1H3. The summed E-state index contributed by atoms with van der Waals surface area (Å²) in [5.41, 5.74) is -0.0343. The van der Waals surface area contributed by atoms with Gasteiger partial charge in [-0.3, -0.25) is 0 Å². The highest BCUT2D eigenvalue weighted by Gasteiger charge is 2.47. The van der Waals surface area contributed by atoms with Crippen molar-refractivity contribution in [3.63, 3.8) is 0 Å². The Balaban J connectivity index is 1.88. The zero-order chi connectivity index (χ0) is 11.7. The molecule has 2 saturated heterocycles. The van der Waals surface area contributed by atoms with Gasteiger partial charge < -0.3 is 10.1 Å². The maximum absolute atomic E-state index is 6.09. The van der Waals surface area contributed by atoms with Crippen LogP contribution < -0.4 is 5.32 Å². The minimum Gasteiger partial charge on any atom is -0.371 e. The number of nitrogens with one attached hydrogen (secondary N) is 1. The molecule has 1 aromatic heterocycles. The van der Waals surface area contributed by atoms with E-state index in [2.05, 4.69) is 22.4 Å². The van der Waals surface area contributed by atoms with Crippen molar-refractivity contribution in [2.45, 2.75) is 31.4 Å². The molecule has 94 valence electrons. The number of nitrogens with zero attached hydrogens (tertiary/aromatic N) is 2. The van der Waals surface area contributed by atoms with E-state index < -0.39 is 0 Å². The summed E-state index contributed by atoms with van der Waals surface area (Å²) in [5, 5.41) is 14.4. The fraction of sp³-hybridized carbons (Fsp3) is 0.818. The maximum Gasteiger partial charge on any atom is 0.137 e. The van der Waals surface area contributed by atoms with Crippen LogP contribution >= 0.6 is 23.1 Å². The van der Waals surface area contributed by atoms with Gasteiger partial charge in [-0.15, -0.1) is 10.2 Å². The van der Waals surface area contributed by atoms with Gasteiger partial charge in [-0.05, 0) is 18.6 Å². The second-order valence-electron chi connectivity index (χ2n) is 4.49. The van der Waals surface area contributed by atoms with Gasteiger partial charge in [0.1, 0.15) is 10.0 Å². The molecule has 6 heteroatoms. The molecule has 0 amide bonds. The number of morpholine rings is 1. The van der Waals surface area contributed by atoms with Gasteiger partial charge in [-0.1, -0.05) is 18.3 Å². The smallest absolute Gasteiger partial charge is 0.137 e. The number of aryl methyl sites for hydroxylation is 1. The summed E-state index contributed by atoms with van der Waals surface area (Å²) in [7, 11) is 0. The largest absolute Gasteiger partial charge is 0.371 e. The highest BCUT2D eigenvalue weighted by Crippen LogP contribution is 2.43. The summed E-state index contributed by atoms with van der Waals surface area (Å²) in [6, 6.07) is 0.240. The first kappa shape index (κ1) is 11.9. The highest BCUT2D eigenvalue weighted by atomic mass is 32.2. The van der Waals surface area contributed by atoms with E-state index in [1.165, 1.54) is 5.75 Å². The third-order valence-corrected chi connectivity index (χ3v) is 5.73. The molecule has 1 N–H and O–H groups in total. The normalized spacial score (nSPS) is 33.4. The molecule has 17 heavy (non-hydrogen) atoms. The van der Waals surface area contributed by atoms with Crippen molar-refractivity contribution in [1.82, 2.24) is 15.5 Å². The molecule has 2 aliphatic heterocycles. The molecule has 0 radical (unpaired) electrons. The van der Waals surface area contributed by atoms with Gasteiger partial charge in [0.2, 0.25) is 0 Å². The lowest BCUT2D eigenvalue weighted by Gasteiger charge is -2.40. The Morgan fingerprint density at radius 3 is 3.18 bits per heavy atom. The van der Waals surface area contributed by atoms with Crippen LogP contribution in [-0.4, -0.2) is 40.5 Å². The highest BCUT2D eigenvalue weighted by molar-refractivity contribution is 7.99. The van der Waals surface area contributed by atoms with Gasteiger partial charge in [0.15, 0.2) is 0 Å². The first-order valence-corrected chi connectivity index (χ1v) is 8.08. The summed E-state index contributed by atoms with van der Waals surface area (Å²) in [6.07, 6.45) is 2.09. The molecule has 2 fully saturated rings. The third kappa shape index (κ3) is 2.12. The van der Waals surface area contributed by atoms with Gasteiger partial charge >= 0.3 is 0 Å². The average Bonchev–Trinajstić information content (AvgIpc) is 3.00. The van der Waals surface area contributed by atoms with E-state index in [-0.39, 0.29) is 11.6 Å². The van der Waals surface area contributed by atoms with E-state index in [1.807, 2.05) is 11.8 Å². The van der Waals surface area contributed by atoms with Crippen LogP contribution in [0.3, 0.4) is 0 Å². The lowest BCUT2D eigenvalue weighted by molar-refractivity contribution is -0.0798. The molecule has 3 rings (SSSR count). The van der Waals surface area contributed by atoms with Gasteiger partial charge in [0, 0.05) is 12.3 Å². The van der Waals surface area contributed by atoms with Crippen molar-refractivity contribution in [3.05, 3.63) is 10.0 Å². The lowest BCUT2D eigenvalue weighted by Crippen LogP contribution is -2.52. The number of aromatic nitrogens is 2. The van der Waals surface area contributed by atoms with Crippen molar-refractivity contribution in [1.29, 1.82) is 0 Å². The van der Waals surface area contributed by atoms with E-state index in [4.69, 9.17) is 4.74 Å². The quantitative estimate of drug-likeness (QED) is 0.886. The van der Waals surface area contributed by atoms with Crippen LogP contribution in [0, 0.1) is 0 Å². The monoisotopic (exact) mass is 271 g/mol. The van der Waals surface area contributed by atoms with E-state index in [0.29, 0.717) is 0 Å². The van der Waals surface area contributed by atoms with E-state index in [9.17, 15) is 0 Å². The second kappa shape index (κ2) is 4.84. The number of hydrogen-bond donors (Lipinski definition) is 1. The van der Waals surface area contributed by atoms with Crippen molar-refractivity contribution >= 4 is 23.1 Å². The lowest BCUT2D eigenvalue weighted by atomic mass is 9.92. The number of rotatable bonds is 2. The second-order valence-corrected chi connectivity index (χ2v) is 6.69. The van der Waals surface area contributed by atoms with Gasteiger partial charge in [0.25, 0.3) is 0 Å². The zero-order valence-electron chi connectivity index (χ0n) is 9.94. The zero-order valence-corrected chi connectivity index (χ0v) is 11.6. The van der Waals surface area contributed by atoms with Crippen LogP contribution in [0.25, 0.3) is 0 Å². The summed E-state index contributed by atoms with van der Waals surface area (Å²) in [6.45, 7) is 3.85. The minimum atomic E-state index is -0.0343. The fourth-order valence-electron chi connectivity index (χ4n) is 2.47. The Morgan fingerprint density at radius 2 is 2.47 bits per heavy atom. The molecule has 2 unspecified atom stereocenters. The average molecular weight is 271 g/mol. The Bertz CT molecular complexity index is 390. The van der Waals surface area contributed by atoms with Gasteiger partial charge in [-0.2, -0.15) is 11.8 Å². The SMILES string of the molecule is CCc1nnc(C2NCCOC23CCSC3)s1. The van der Waals surface area contributed by atoms with Crippen molar-refractivity contribution < 1.29 is 4.74 Å². The van der Waals surface area contributed by atoms with E-state index in [0.717, 1.165) is 41.8 Å². The molecule has 0 aliphatic carbocycles. The minimum absolute atomic E-state index is 0.0343. The molecule has 4 nitrogen and oxygen atoms in total. The fourth-order valence-corrected chi connectivity index (χ4v) is 4.81. The van der Waals surface area contributed by atoms with Crippen LogP contribution in [0.15, 0.2) is 0 Å². The molecule has 0 saturated carbocycles. The van der Waals surface area contributed by atoms with Crippen molar-refractivity contribution in [2.24, 2.45) is 0 Å². The first-order chi connectivity index (χ1) is 8.34. The molecule has 0 aromatic carbocycles. The predicted octanol–water partition coefficient (Wildman–Crippen LogP) is 1.64. The van der Waals surface area contributed by atoms with Crippen LogP contribution in [-0.2, 0) is 11.2 Å². The summed E-state index contributed by atoms with van der Waals surface area (Å²) >= 11 is 3.71. The Hall–Kier alpha value is -0.170. The van der Waals surface area contributed by atoms with Crippen LogP contribution in [0.1, 0.15) is 29.4 Å². The predicted molar refractivity (Wildman–Crippen MR) is 70.7 cm³/mol. The summed E-state index contributed by atoms with van der Waals surface area (Å²) in [5.74, 6) is 2.27. The molecule has 2 aliphatic rings. The molecule has 3 heterocycles. The van der Waals surface area contributed by atoms with Crippen molar-refractivity contribution in [3.8, 4) is 0 Å². The van der Waals surface area contributed by atoms with Gasteiger partial charge in [-0.25, -0.2) is 0 Å². The number of ether oxygens (including phenoxy) is 1. The van der Waals surface area contributed by atoms with E-state index in [1.54, 1.807) is 11.3 Å². The number of hydrogen-bond acceptors (Lipinski definition) is 6. The first-order valence-electron chi connectivity index (χ1n) is 6.11. The summed E-state index contributed by atoms with van der Waals surface area (Å²) < 4.78 is 6.09. The maximum atomic E-state index is 6.09. The molecule has 0 bridgehead atoms. The molecular formula is C11H17N3OS2. The molecular weight excluding hydrogens is 254 g/mol. The van der Waals surface area contributed by atoms with E-state index >= 15 is 0 Å². The van der Waals surface area contributed by atoms with Crippen LogP contribution in [0.4, 0.5) is 0 Å². The topological polar surface area (TPSA) is 47.0 Å². The molecule has 1 spiro atoms. The Kier molecular flexibility index (Phi) is 3.38. The Labute approximate surface area is 110 Å². The molecule has 2 atom stereocenters. The van der Waals surface area contributed by atoms with Crippen molar-refractivity contribution in [2.75, 3.05) is 24.7 Å². The molecule has 1 aromatic rings.